The zero-order valence-electron chi connectivity index (χ0n) is 8.71. The second-order valence-electron chi connectivity index (χ2n) is 3.34. The molecule has 0 fully saturated rings. The number of nitrogens with one attached hydrogen (secondary N) is 1. The summed E-state index contributed by atoms with van der Waals surface area (Å²) in [5.74, 6) is 3.52. The Morgan fingerprint density at radius 3 is 2.29 bits per heavy atom. The molecule has 1 aliphatic heterocycles. The number of hydrazine groups is 1. The van der Waals surface area contributed by atoms with E-state index in [1.807, 2.05) is 5.43 Å². The van der Waals surface area contributed by atoms with Crippen molar-refractivity contribution in [3.8, 4) is 0 Å². The van der Waals surface area contributed by atoms with Crippen molar-refractivity contribution in [2.24, 2.45) is 5.84 Å². The van der Waals surface area contributed by atoms with Crippen LogP contribution in [-0.4, -0.2) is 17.7 Å². The molecule has 1 aromatic rings. The summed E-state index contributed by atoms with van der Waals surface area (Å²) in [6.45, 7) is 0. The zero-order valence-corrected chi connectivity index (χ0v) is 8.71. The van der Waals surface area contributed by atoms with E-state index < -0.39 is 17.7 Å². The van der Waals surface area contributed by atoms with Gasteiger partial charge in [0.25, 0.3) is 17.7 Å². The summed E-state index contributed by atoms with van der Waals surface area (Å²) in [5.41, 5.74) is 2.35. The maximum absolute atomic E-state index is 11.5. The molecule has 0 unspecified atom stereocenters. The summed E-state index contributed by atoms with van der Waals surface area (Å²) >= 11 is 0. The maximum atomic E-state index is 11.5. The first-order valence-corrected chi connectivity index (χ1v) is 4.81. The molecule has 0 aliphatic carbocycles. The highest BCUT2D eigenvalue weighted by Crippen LogP contribution is 2.23. The van der Waals surface area contributed by atoms with Crippen LogP contribution in [0.3, 0.4) is 0 Å². The second kappa shape index (κ2) is 4.18. The number of benzene rings is 1. The molecule has 0 saturated heterocycles. The van der Waals surface area contributed by atoms with Gasteiger partial charge in [-0.25, -0.2) is 10.7 Å². The van der Waals surface area contributed by atoms with Gasteiger partial charge in [0, 0.05) is 12.2 Å². The van der Waals surface area contributed by atoms with Crippen LogP contribution in [0.2, 0.25) is 0 Å². The van der Waals surface area contributed by atoms with Gasteiger partial charge in [0.1, 0.15) is 0 Å². The van der Waals surface area contributed by atoms with Crippen LogP contribution in [0.25, 0.3) is 0 Å². The smallest absolute Gasteiger partial charge is 0.267 e. The van der Waals surface area contributed by atoms with E-state index in [1.54, 1.807) is 12.1 Å². The van der Waals surface area contributed by atoms with E-state index in [0.29, 0.717) is 0 Å². The summed E-state index contributed by atoms with van der Waals surface area (Å²) in [4.78, 5) is 35.4. The van der Waals surface area contributed by atoms with Crippen molar-refractivity contribution < 1.29 is 14.4 Å². The van der Waals surface area contributed by atoms with Crippen molar-refractivity contribution >= 4 is 23.4 Å². The van der Waals surface area contributed by atoms with Crippen LogP contribution in [0, 0.1) is 0 Å². The predicted octanol–water partition coefficient (Wildman–Crippen LogP) is -0.281. The van der Waals surface area contributed by atoms with Crippen molar-refractivity contribution in [3.63, 3.8) is 0 Å². The molecule has 0 atom stereocenters. The van der Waals surface area contributed by atoms with Gasteiger partial charge in [0.15, 0.2) is 0 Å². The molecule has 1 aromatic carbocycles. The van der Waals surface area contributed by atoms with E-state index in [0.717, 1.165) is 17.1 Å². The SMILES string of the molecule is NNC(=O)c1ccccc1N1C(=O)C=CC1=O. The monoisotopic (exact) mass is 231 g/mol. The number of nitrogens with zero attached hydrogens (tertiary/aromatic N) is 1. The highest BCUT2D eigenvalue weighted by atomic mass is 16.2. The Labute approximate surface area is 96.7 Å². The van der Waals surface area contributed by atoms with E-state index in [9.17, 15) is 14.4 Å². The number of nitrogen functional groups attached to an aromatic ring is 1. The fraction of sp³-hybridized carbons (Fsp3) is 0. The van der Waals surface area contributed by atoms with Crippen LogP contribution in [-0.2, 0) is 9.59 Å². The van der Waals surface area contributed by atoms with Crippen molar-refractivity contribution in [3.05, 3.63) is 42.0 Å². The number of imide groups is 1. The van der Waals surface area contributed by atoms with Gasteiger partial charge in [-0.1, -0.05) is 12.1 Å². The van der Waals surface area contributed by atoms with E-state index in [4.69, 9.17) is 5.84 Å². The van der Waals surface area contributed by atoms with Crippen LogP contribution >= 0.6 is 0 Å². The second-order valence-corrected chi connectivity index (χ2v) is 3.34. The lowest BCUT2D eigenvalue weighted by molar-refractivity contribution is -0.119. The minimum atomic E-state index is -0.562. The molecule has 3 amide bonds. The molecule has 0 saturated carbocycles. The Bertz CT molecular complexity index is 519. The molecule has 6 heteroatoms. The lowest BCUT2D eigenvalue weighted by Gasteiger charge is -2.16. The predicted molar refractivity (Wildman–Crippen MR) is 59.7 cm³/mol. The summed E-state index contributed by atoms with van der Waals surface area (Å²) in [6, 6.07) is 6.23. The molecule has 0 bridgehead atoms. The molecule has 2 rings (SSSR count). The molecule has 0 radical (unpaired) electrons. The molecule has 6 nitrogen and oxygen atoms in total. The van der Waals surface area contributed by atoms with Crippen LogP contribution in [0.5, 0.6) is 0 Å². The Kier molecular flexibility index (Phi) is 2.71. The largest absolute Gasteiger partial charge is 0.290 e. The Morgan fingerprint density at radius 2 is 1.71 bits per heavy atom. The molecule has 1 heterocycles. The number of amides is 3. The van der Waals surface area contributed by atoms with Gasteiger partial charge in [-0.2, -0.15) is 0 Å². The van der Waals surface area contributed by atoms with E-state index >= 15 is 0 Å². The molecule has 0 spiro atoms. The minimum absolute atomic E-state index is 0.167. The molecule has 86 valence electrons. The van der Waals surface area contributed by atoms with Gasteiger partial charge in [-0.3, -0.25) is 19.8 Å². The normalized spacial score (nSPS) is 14.3. The average molecular weight is 231 g/mol. The third kappa shape index (κ3) is 1.81. The topological polar surface area (TPSA) is 92.5 Å². The minimum Gasteiger partial charge on any atom is -0.290 e. The third-order valence-corrected chi connectivity index (χ3v) is 2.33. The van der Waals surface area contributed by atoms with Gasteiger partial charge < -0.3 is 0 Å². The van der Waals surface area contributed by atoms with Crippen molar-refractivity contribution in [1.82, 2.24) is 5.43 Å². The number of hydrogen-bond donors (Lipinski definition) is 2. The third-order valence-electron chi connectivity index (χ3n) is 2.33. The van der Waals surface area contributed by atoms with E-state index in [2.05, 4.69) is 0 Å². The molecule has 3 N–H and O–H groups in total. The molecule has 17 heavy (non-hydrogen) atoms. The van der Waals surface area contributed by atoms with Crippen LogP contribution in [0.1, 0.15) is 10.4 Å². The van der Waals surface area contributed by atoms with Crippen molar-refractivity contribution in [2.45, 2.75) is 0 Å². The standard InChI is InChI=1S/C11H9N3O3/c12-13-11(17)7-3-1-2-4-8(7)14-9(15)5-6-10(14)16/h1-6H,12H2,(H,13,17). The zero-order chi connectivity index (χ0) is 12.4. The fourth-order valence-corrected chi connectivity index (χ4v) is 1.58. The van der Waals surface area contributed by atoms with Crippen LogP contribution in [0.4, 0.5) is 5.69 Å². The number of rotatable bonds is 2. The first-order chi connectivity index (χ1) is 8.15. The quantitative estimate of drug-likeness (QED) is 0.317. The molecular weight excluding hydrogens is 222 g/mol. The fourth-order valence-electron chi connectivity index (χ4n) is 1.58. The highest BCUT2D eigenvalue weighted by Gasteiger charge is 2.28. The molecule has 1 aliphatic rings. The molecular formula is C11H9N3O3. The number of nitrogens with two attached hydrogens (primary N) is 1. The van der Waals surface area contributed by atoms with Crippen molar-refractivity contribution in [2.75, 3.05) is 4.90 Å². The maximum Gasteiger partial charge on any atom is 0.267 e. The Balaban J connectivity index is 2.49. The Morgan fingerprint density at radius 1 is 1.12 bits per heavy atom. The molecule has 0 aromatic heterocycles. The number of hydrogen-bond acceptors (Lipinski definition) is 4. The lowest BCUT2D eigenvalue weighted by Crippen LogP contribution is -2.35. The van der Waals surface area contributed by atoms with Gasteiger partial charge in [0.2, 0.25) is 0 Å². The number of carbonyl (C=O) groups excluding carboxylic acids is 3. The van der Waals surface area contributed by atoms with Crippen LogP contribution in [0.15, 0.2) is 36.4 Å². The van der Waals surface area contributed by atoms with Gasteiger partial charge in [-0.15, -0.1) is 0 Å². The summed E-state index contributed by atoms with van der Waals surface area (Å²) in [7, 11) is 0. The van der Waals surface area contributed by atoms with E-state index in [1.165, 1.54) is 12.1 Å². The van der Waals surface area contributed by atoms with Crippen molar-refractivity contribution in [1.29, 1.82) is 0 Å². The number of para-hydroxylation sites is 1. The summed E-state index contributed by atoms with van der Waals surface area (Å²) < 4.78 is 0. The summed E-state index contributed by atoms with van der Waals surface area (Å²) in [5, 5.41) is 0. The highest BCUT2D eigenvalue weighted by molar-refractivity contribution is 6.29. The van der Waals surface area contributed by atoms with E-state index in [-0.39, 0.29) is 11.3 Å². The van der Waals surface area contributed by atoms with Gasteiger partial charge in [0.05, 0.1) is 11.3 Å². The Hall–Kier alpha value is -2.47. The first kappa shape index (κ1) is 11.0. The summed E-state index contributed by atoms with van der Waals surface area (Å²) in [6.07, 6.45) is 2.30. The van der Waals surface area contributed by atoms with Gasteiger partial charge >= 0.3 is 0 Å². The number of carbonyl (C=O) groups is 3. The lowest BCUT2D eigenvalue weighted by atomic mass is 10.1. The van der Waals surface area contributed by atoms with Crippen LogP contribution < -0.4 is 16.2 Å². The first-order valence-electron chi connectivity index (χ1n) is 4.81. The number of anilines is 1. The van der Waals surface area contributed by atoms with Gasteiger partial charge in [-0.05, 0) is 12.1 Å². The average Bonchev–Trinajstić information content (AvgIpc) is 2.68.